The molecule has 0 saturated heterocycles. The van der Waals surface area contributed by atoms with Gasteiger partial charge in [0.1, 0.15) is 11.2 Å². The van der Waals surface area contributed by atoms with Crippen LogP contribution in [0.15, 0.2) is 77.9 Å². The normalized spacial score (nSPS) is 10.9. The average Bonchev–Trinajstić information content (AvgIpc) is 3.25. The maximum atomic E-state index is 12.8. The minimum atomic E-state index is -0.189. The fourth-order valence-corrected chi connectivity index (χ4v) is 4.43. The largest absolute Gasteiger partial charge is 0.375 e. The number of carbonyl (C=O) groups is 1. The van der Waals surface area contributed by atoms with Crippen molar-refractivity contribution in [1.29, 1.82) is 0 Å². The van der Waals surface area contributed by atoms with Gasteiger partial charge in [0.25, 0.3) is 5.56 Å². The quantitative estimate of drug-likeness (QED) is 0.431. The van der Waals surface area contributed by atoms with E-state index in [1.54, 1.807) is 0 Å². The van der Waals surface area contributed by atoms with Crippen molar-refractivity contribution in [3.05, 3.63) is 83.4 Å². The molecule has 4 rings (SSSR count). The van der Waals surface area contributed by atoms with Gasteiger partial charge in [-0.25, -0.2) is 4.98 Å². The number of nitrogens with one attached hydrogen (secondary N) is 1. The van der Waals surface area contributed by atoms with Crippen molar-refractivity contribution < 1.29 is 4.79 Å². The smallest absolute Gasteiger partial charge is 0.271 e. The molecule has 0 bridgehead atoms. The molecule has 0 fully saturated rings. The van der Waals surface area contributed by atoms with Crippen molar-refractivity contribution in [2.75, 3.05) is 25.0 Å². The molecule has 0 aliphatic carbocycles. The number of nitrogens with zero attached hydrogens (tertiary/aromatic N) is 3. The van der Waals surface area contributed by atoms with Gasteiger partial charge in [0, 0.05) is 30.7 Å². The molecule has 0 radical (unpaired) electrons. The summed E-state index contributed by atoms with van der Waals surface area (Å²) in [6.45, 7) is 1.35. The summed E-state index contributed by atoms with van der Waals surface area (Å²) < 4.78 is 1.94. The van der Waals surface area contributed by atoms with Crippen molar-refractivity contribution in [2.45, 2.75) is 13.0 Å². The molecule has 4 aromatic rings. The predicted molar refractivity (Wildman–Crippen MR) is 127 cm³/mol. The third-order valence-corrected chi connectivity index (χ3v) is 6.23. The van der Waals surface area contributed by atoms with Gasteiger partial charge in [-0.3, -0.25) is 14.2 Å². The lowest BCUT2D eigenvalue weighted by molar-refractivity contribution is -0.121. The standard InChI is InChI=1S/C24H24N4O2S/c1-27(19-11-6-3-7-12-19)14-8-13-25-22(29)16-28-17-26-20-15-21(31-23(20)24(28)30)18-9-4-2-5-10-18/h2-7,9-12,15,17H,8,13-14,16H2,1H3,(H,25,29). The lowest BCUT2D eigenvalue weighted by atomic mass is 10.2. The molecule has 0 unspecified atom stereocenters. The summed E-state index contributed by atoms with van der Waals surface area (Å²) in [5.74, 6) is -0.189. The van der Waals surface area contributed by atoms with E-state index >= 15 is 0 Å². The highest BCUT2D eigenvalue weighted by Crippen LogP contribution is 2.30. The summed E-state index contributed by atoms with van der Waals surface area (Å²) in [7, 11) is 2.03. The van der Waals surface area contributed by atoms with Crippen LogP contribution in [-0.4, -0.2) is 35.6 Å². The third kappa shape index (κ3) is 5.00. The van der Waals surface area contributed by atoms with Crippen LogP contribution in [0.25, 0.3) is 20.7 Å². The summed E-state index contributed by atoms with van der Waals surface area (Å²) >= 11 is 1.41. The number of thiophene rings is 1. The minimum absolute atomic E-state index is 0.0329. The first-order valence-electron chi connectivity index (χ1n) is 10.2. The van der Waals surface area contributed by atoms with E-state index in [1.807, 2.05) is 61.6 Å². The lowest BCUT2D eigenvalue weighted by Gasteiger charge is -2.19. The van der Waals surface area contributed by atoms with Gasteiger partial charge in [0.2, 0.25) is 5.91 Å². The molecule has 2 heterocycles. The summed E-state index contributed by atoms with van der Waals surface area (Å²) in [5, 5.41) is 2.89. The zero-order valence-corrected chi connectivity index (χ0v) is 18.1. The van der Waals surface area contributed by atoms with Crippen LogP contribution in [0.5, 0.6) is 0 Å². The van der Waals surface area contributed by atoms with Crippen LogP contribution in [-0.2, 0) is 11.3 Å². The number of rotatable bonds is 8. The number of hydrogen-bond donors (Lipinski definition) is 1. The van der Waals surface area contributed by atoms with Gasteiger partial charge in [-0.05, 0) is 30.2 Å². The summed E-state index contributed by atoms with van der Waals surface area (Å²) in [4.78, 5) is 32.7. The highest BCUT2D eigenvalue weighted by Gasteiger charge is 2.12. The van der Waals surface area contributed by atoms with Crippen molar-refractivity contribution in [2.24, 2.45) is 0 Å². The van der Waals surface area contributed by atoms with Gasteiger partial charge in [-0.2, -0.15) is 0 Å². The van der Waals surface area contributed by atoms with Gasteiger partial charge in [0.05, 0.1) is 11.8 Å². The molecule has 31 heavy (non-hydrogen) atoms. The Labute approximate surface area is 184 Å². The van der Waals surface area contributed by atoms with Gasteiger partial charge >= 0.3 is 0 Å². The number of anilines is 1. The van der Waals surface area contributed by atoms with E-state index in [1.165, 1.54) is 22.2 Å². The topological polar surface area (TPSA) is 67.2 Å². The Hall–Kier alpha value is -3.45. The highest BCUT2D eigenvalue weighted by atomic mass is 32.1. The molecule has 158 valence electrons. The number of amides is 1. The predicted octanol–water partition coefficient (Wildman–Crippen LogP) is 3.77. The van der Waals surface area contributed by atoms with E-state index < -0.39 is 0 Å². The molecule has 0 aliphatic rings. The number of benzene rings is 2. The molecular formula is C24H24N4O2S. The van der Waals surface area contributed by atoms with Crippen molar-refractivity contribution in [3.8, 4) is 10.4 Å². The Morgan fingerprint density at radius 2 is 1.81 bits per heavy atom. The van der Waals surface area contributed by atoms with E-state index in [0.29, 0.717) is 16.8 Å². The maximum absolute atomic E-state index is 12.8. The monoisotopic (exact) mass is 432 g/mol. The molecule has 2 aromatic heterocycles. The van der Waals surface area contributed by atoms with Crippen LogP contribution < -0.4 is 15.8 Å². The zero-order chi connectivity index (χ0) is 21.6. The third-order valence-electron chi connectivity index (χ3n) is 5.07. The minimum Gasteiger partial charge on any atom is -0.375 e. The number of fused-ring (bicyclic) bond motifs is 1. The van der Waals surface area contributed by atoms with Crippen LogP contribution in [0, 0.1) is 0 Å². The zero-order valence-electron chi connectivity index (χ0n) is 17.3. The molecule has 0 spiro atoms. The number of aromatic nitrogens is 2. The Bertz CT molecular complexity index is 1220. The Balaban J connectivity index is 1.34. The lowest BCUT2D eigenvalue weighted by Crippen LogP contribution is -2.33. The molecular weight excluding hydrogens is 408 g/mol. The van der Waals surface area contributed by atoms with Crippen LogP contribution in [0.3, 0.4) is 0 Å². The van der Waals surface area contributed by atoms with Crippen molar-refractivity contribution >= 4 is 33.1 Å². The van der Waals surface area contributed by atoms with E-state index in [4.69, 9.17) is 0 Å². The average molecular weight is 433 g/mol. The molecule has 0 saturated carbocycles. The molecule has 7 heteroatoms. The molecule has 1 N–H and O–H groups in total. The number of carbonyl (C=O) groups excluding carboxylic acids is 1. The van der Waals surface area contributed by atoms with Crippen molar-refractivity contribution in [1.82, 2.24) is 14.9 Å². The van der Waals surface area contributed by atoms with Gasteiger partial charge < -0.3 is 10.2 Å². The van der Waals surface area contributed by atoms with Crippen LogP contribution in [0.4, 0.5) is 5.69 Å². The van der Waals surface area contributed by atoms with Gasteiger partial charge in [0.15, 0.2) is 0 Å². The fourth-order valence-electron chi connectivity index (χ4n) is 3.37. The first kappa shape index (κ1) is 20.8. The van der Waals surface area contributed by atoms with Crippen LogP contribution >= 0.6 is 11.3 Å². The second kappa shape index (κ2) is 9.57. The molecule has 2 aromatic carbocycles. The number of hydrogen-bond acceptors (Lipinski definition) is 5. The van der Waals surface area contributed by atoms with Crippen LogP contribution in [0.2, 0.25) is 0 Å². The van der Waals surface area contributed by atoms with E-state index in [-0.39, 0.29) is 18.0 Å². The SMILES string of the molecule is CN(CCCNC(=O)Cn1cnc2cc(-c3ccccc3)sc2c1=O)c1ccccc1. The molecule has 0 aliphatic heterocycles. The van der Waals surface area contributed by atoms with E-state index in [9.17, 15) is 9.59 Å². The first-order valence-corrected chi connectivity index (χ1v) is 11.0. The summed E-state index contributed by atoms with van der Waals surface area (Å²) in [5.41, 5.74) is 2.67. The molecule has 0 atom stereocenters. The molecule has 1 amide bonds. The Kier molecular flexibility index (Phi) is 6.43. The Morgan fingerprint density at radius 1 is 1.10 bits per heavy atom. The Morgan fingerprint density at radius 3 is 2.55 bits per heavy atom. The van der Waals surface area contributed by atoms with Gasteiger partial charge in [-0.1, -0.05) is 48.5 Å². The van der Waals surface area contributed by atoms with E-state index in [0.717, 1.165) is 29.1 Å². The van der Waals surface area contributed by atoms with Crippen molar-refractivity contribution in [3.63, 3.8) is 0 Å². The highest BCUT2D eigenvalue weighted by molar-refractivity contribution is 7.22. The van der Waals surface area contributed by atoms with Gasteiger partial charge in [-0.15, -0.1) is 11.3 Å². The molecule has 6 nitrogen and oxygen atoms in total. The number of para-hydroxylation sites is 1. The summed E-state index contributed by atoms with van der Waals surface area (Å²) in [6, 6.07) is 21.9. The second-order valence-electron chi connectivity index (χ2n) is 7.33. The maximum Gasteiger partial charge on any atom is 0.271 e. The fraction of sp³-hybridized carbons (Fsp3) is 0.208. The van der Waals surface area contributed by atoms with Crippen LogP contribution in [0.1, 0.15) is 6.42 Å². The first-order chi connectivity index (χ1) is 15.1. The summed E-state index contributed by atoms with van der Waals surface area (Å²) in [6.07, 6.45) is 2.27. The van der Waals surface area contributed by atoms with E-state index in [2.05, 4.69) is 27.3 Å². The second-order valence-corrected chi connectivity index (χ2v) is 8.38.